The van der Waals surface area contributed by atoms with Crippen molar-refractivity contribution in [1.82, 2.24) is 0 Å². The number of ether oxygens (including phenoxy) is 2. The maximum atomic E-state index is 6.06. The number of benzene rings is 2. The van der Waals surface area contributed by atoms with Crippen molar-refractivity contribution in [3.63, 3.8) is 0 Å². The quantitative estimate of drug-likeness (QED) is 0.684. The van der Waals surface area contributed by atoms with Crippen LogP contribution >= 0.6 is 0 Å². The molecular formula is C23H30O2. The molecule has 134 valence electrons. The second kappa shape index (κ2) is 7.21. The molecule has 25 heavy (non-hydrogen) atoms. The van der Waals surface area contributed by atoms with Crippen molar-refractivity contribution in [2.45, 2.75) is 41.0 Å². The molecule has 0 radical (unpaired) electrons. The van der Waals surface area contributed by atoms with Gasteiger partial charge in [0, 0.05) is 5.41 Å². The van der Waals surface area contributed by atoms with Gasteiger partial charge in [0.15, 0.2) is 0 Å². The Bertz CT molecular complexity index is 719. The maximum Gasteiger partial charge on any atom is 0.119 e. The van der Waals surface area contributed by atoms with E-state index in [4.69, 9.17) is 9.47 Å². The Hall–Kier alpha value is -1.80. The van der Waals surface area contributed by atoms with E-state index < -0.39 is 0 Å². The molecule has 0 atom stereocenters. The summed E-state index contributed by atoms with van der Waals surface area (Å²) in [6, 6.07) is 13.3. The Balaban J connectivity index is 1.82. The summed E-state index contributed by atoms with van der Waals surface area (Å²) in [6.45, 7) is 13.4. The Labute approximate surface area is 152 Å². The monoisotopic (exact) mass is 338 g/mol. The van der Waals surface area contributed by atoms with Crippen molar-refractivity contribution in [2.24, 2.45) is 11.3 Å². The van der Waals surface area contributed by atoms with Gasteiger partial charge < -0.3 is 9.47 Å². The number of hydrogen-bond acceptors (Lipinski definition) is 2. The third kappa shape index (κ3) is 4.24. The van der Waals surface area contributed by atoms with Crippen LogP contribution in [0.15, 0.2) is 36.4 Å². The summed E-state index contributed by atoms with van der Waals surface area (Å²) in [5.41, 5.74) is 6.75. The zero-order valence-electron chi connectivity index (χ0n) is 16.2. The van der Waals surface area contributed by atoms with E-state index in [-0.39, 0.29) is 5.41 Å². The Kier molecular flexibility index (Phi) is 5.19. The fourth-order valence-electron chi connectivity index (χ4n) is 3.58. The SMILES string of the molecule is Cc1cc(OCC2(C)COC2)cc(C)c1-c1cccc(CC(C)C)c1. The Morgan fingerprint density at radius 2 is 1.76 bits per heavy atom. The molecule has 2 aromatic rings. The van der Waals surface area contributed by atoms with Crippen LogP contribution in [0.2, 0.25) is 0 Å². The van der Waals surface area contributed by atoms with Crippen LogP contribution in [-0.4, -0.2) is 19.8 Å². The molecule has 0 N–H and O–H groups in total. The summed E-state index contributed by atoms with van der Waals surface area (Å²) in [6.07, 6.45) is 1.12. The number of hydrogen-bond donors (Lipinski definition) is 0. The fourth-order valence-corrected chi connectivity index (χ4v) is 3.58. The lowest BCUT2D eigenvalue weighted by atomic mass is 9.90. The minimum absolute atomic E-state index is 0.172. The summed E-state index contributed by atoms with van der Waals surface area (Å²) in [5, 5.41) is 0. The second-order valence-electron chi connectivity index (χ2n) is 8.32. The summed E-state index contributed by atoms with van der Waals surface area (Å²) in [5.74, 6) is 1.63. The van der Waals surface area contributed by atoms with Gasteiger partial charge in [0.1, 0.15) is 5.75 Å². The van der Waals surface area contributed by atoms with E-state index in [0.717, 1.165) is 32.0 Å². The van der Waals surface area contributed by atoms with Crippen LogP contribution in [0.1, 0.15) is 37.5 Å². The van der Waals surface area contributed by atoms with Crippen molar-refractivity contribution in [2.75, 3.05) is 19.8 Å². The van der Waals surface area contributed by atoms with Gasteiger partial charge in [-0.05, 0) is 66.1 Å². The van der Waals surface area contributed by atoms with Gasteiger partial charge in [-0.2, -0.15) is 0 Å². The molecule has 2 aromatic carbocycles. The predicted molar refractivity (Wildman–Crippen MR) is 104 cm³/mol. The van der Waals surface area contributed by atoms with Gasteiger partial charge in [0.25, 0.3) is 0 Å². The van der Waals surface area contributed by atoms with Gasteiger partial charge in [-0.25, -0.2) is 0 Å². The van der Waals surface area contributed by atoms with Crippen molar-refractivity contribution in [1.29, 1.82) is 0 Å². The van der Waals surface area contributed by atoms with Crippen LogP contribution in [0.3, 0.4) is 0 Å². The van der Waals surface area contributed by atoms with Gasteiger partial charge in [-0.1, -0.05) is 45.0 Å². The van der Waals surface area contributed by atoms with E-state index in [1.165, 1.54) is 27.8 Å². The van der Waals surface area contributed by atoms with E-state index in [1.807, 2.05) is 0 Å². The van der Waals surface area contributed by atoms with Crippen LogP contribution in [-0.2, 0) is 11.2 Å². The molecule has 1 fully saturated rings. The molecule has 2 nitrogen and oxygen atoms in total. The second-order valence-corrected chi connectivity index (χ2v) is 8.32. The topological polar surface area (TPSA) is 18.5 Å². The molecule has 0 amide bonds. The zero-order valence-corrected chi connectivity index (χ0v) is 16.2. The molecule has 1 aliphatic rings. The molecule has 0 unspecified atom stereocenters. The average molecular weight is 338 g/mol. The molecule has 1 heterocycles. The van der Waals surface area contributed by atoms with Crippen LogP contribution in [0, 0.1) is 25.2 Å². The number of aryl methyl sites for hydroxylation is 2. The average Bonchev–Trinajstić information content (AvgIpc) is 2.50. The lowest BCUT2D eigenvalue weighted by molar-refractivity contribution is -0.120. The predicted octanol–water partition coefficient (Wildman–Crippen LogP) is 5.58. The summed E-state index contributed by atoms with van der Waals surface area (Å²) in [4.78, 5) is 0. The Morgan fingerprint density at radius 3 is 2.32 bits per heavy atom. The van der Waals surface area contributed by atoms with Crippen LogP contribution < -0.4 is 4.74 Å². The van der Waals surface area contributed by atoms with Gasteiger partial charge in [-0.15, -0.1) is 0 Å². The number of rotatable bonds is 6. The summed E-state index contributed by atoms with van der Waals surface area (Å²) < 4.78 is 11.4. The van der Waals surface area contributed by atoms with Gasteiger partial charge >= 0.3 is 0 Å². The third-order valence-corrected chi connectivity index (χ3v) is 4.85. The highest BCUT2D eigenvalue weighted by molar-refractivity contribution is 5.72. The van der Waals surface area contributed by atoms with Gasteiger partial charge in [0.05, 0.1) is 19.8 Å². The van der Waals surface area contributed by atoms with Crippen molar-refractivity contribution < 1.29 is 9.47 Å². The molecule has 0 aliphatic carbocycles. The van der Waals surface area contributed by atoms with E-state index in [0.29, 0.717) is 5.92 Å². The van der Waals surface area contributed by atoms with Crippen molar-refractivity contribution in [3.8, 4) is 16.9 Å². The molecule has 1 aliphatic heterocycles. The Morgan fingerprint density at radius 1 is 1.08 bits per heavy atom. The minimum Gasteiger partial charge on any atom is -0.493 e. The lowest BCUT2D eigenvalue weighted by Gasteiger charge is -2.37. The van der Waals surface area contributed by atoms with E-state index in [2.05, 4.69) is 71.0 Å². The molecular weight excluding hydrogens is 308 g/mol. The molecule has 2 heteroatoms. The first-order valence-electron chi connectivity index (χ1n) is 9.27. The lowest BCUT2D eigenvalue weighted by Crippen LogP contribution is -2.44. The smallest absolute Gasteiger partial charge is 0.119 e. The molecule has 3 rings (SSSR count). The minimum atomic E-state index is 0.172. The standard InChI is InChI=1S/C23H30O2/c1-16(2)9-19-7-6-8-20(12-19)22-17(3)10-21(11-18(22)4)25-15-23(5)13-24-14-23/h6-8,10-12,16H,9,13-15H2,1-5H3. The summed E-state index contributed by atoms with van der Waals surface area (Å²) in [7, 11) is 0. The van der Waals surface area contributed by atoms with Crippen LogP contribution in [0.4, 0.5) is 0 Å². The van der Waals surface area contributed by atoms with Crippen LogP contribution in [0.25, 0.3) is 11.1 Å². The largest absolute Gasteiger partial charge is 0.493 e. The first-order chi connectivity index (χ1) is 11.9. The summed E-state index contributed by atoms with van der Waals surface area (Å²) >= 11 is 0. The van der Waals surface area contributed by atoms with Crippen LogP contribution in [0.5, 0.6) is 5.75 Å². The third-order valence-electron chi connectivity index (χ3n) is 4.85. The normalized spacial score (nSPS) is 15.9. The van der Waals surface area contributed by atoms with Gasteiger partial charge in [0.2, 0.25) is 0 Å². The van der Waals surface area contributed by atoms with Crippen molar-refractivity contribution in [3.05, 3.63) is 53.1 Å². The molecule has 0 bridgehead atoms. The fraction of sp³-hybridized carbons (Fsp3) is 0.478. The molecule has 0 aromatic heterocycles. The highest BCUT2D eigenvalue weighted by Crippen LogP contribution is 2.33. The first-order valence-corrected chi connectivity index (χ1v) is 9.27. The first kappa shape index (κ1) is 18.0. The maximum absolute atomic E-state index is 6.06. The van der Waals surface area contributed by atoms with E-state index in [1.54, 1.807) is 0 Å². The van der Waals surface area contributed by atoms with Crippen molar-refractivity contribution >= 4 is 0 Å². The van der Waals surface area contributed by atoms with Gasteiger partial charge in [-0.3, -0.25) is 0 Å². The molecule has 1 saturated heterocycles. The van der Waals surface area contributed by atoms with E-state index >= 15 is 0 Å². The van der Waals surface area contributed by atoms with E-state index in [9.17, 15) is 0 Å². The highest BCUT2D eigenvalue weighted by atomic mass is 16.5. The highest BCUT2D eigenvalue weighted by Gasteiger charge is 2.34. The molecule has 0 spiro atoms. The molecule has 0 saturated carbocycles. The zero-order chi connectivity index (χ0) is 18.0.